The minimum Gasteiger partial charge on any atom is -0.454 e. The Bertz CT molecular complexity index is 1010. The molecule has 1 aromatic carbocycles. The molecular weight excluding hydrogens is 344 g/mol. The molecule has 0 aliphatic rings. The van der Waals surface area contributed by atoms with Crippen LogP contribution in [0.4, 0.5) is 0 Å². The molecule has 0 saturated carbocycles. The number of thiazole rings is 1. The topological polar surface area (TPSA) is 58.0 Å². The lowest BCUT2D eigenvalue weighted by molar-refractivity contribution is 0.249. The monoisotopic (exact) mass is 366 g/mol. The van der Waals surface area contributed by atoms with Crippen molar-refractivity contribution in [2.45, 2.75) is 33.4 Å². The molecule has 0 radical (unpaired) electrons. The number of H-pyrrole nitrogens is 1. The van der Waals surface area contributed by atoms with Crippen LogP contribution in [0.1, 0.15) is 34.1 Å². The van der Waals surface area contributed by atoms with E-state index in [1.807, 2.05) is 24.4 Å². The maximum atomic E-state index is 6.00. The first kappa shape index (κ1) is 17.0. The van der Waals surface area contributed by atoms with Crippen LogP contribution in [-0.2, 0) is 6.54 Å². The molecule has 6 heteroatoms. The van der Waals surface area contributed by atoms with E-state index < -0.39 is 0 Å². The normalized spacial score (nSPS) is 13.0. The van der Waals surface area contributed by atoms with Crippen LogP contribution >= 0.6 is 11.3 Å². The summed E-state index contributed by atoms with van der Waals surface area (Å²) >= 11 is 1.75. The number of nitrogens with one attached hydrogen (secondary N) is 1. The SMILES string of the molecule is Cc1nc(C(C)N(C)Cc2cn[nH]c2-c2cc3ccccc3o2)c(C)s1. The minimum absolute atomic E-state index is 0.235. The van der Waals surface area contributed by atoms with Gasteiger partial charge in [-0.25, -0.2) is 4.98 Å². The van der Waals surface area contributed by atoms with E-state index in [9.17, 15) is 0 Å². The Morgan fingerprint density at radius 3 is 2.81 bits per heavy atom. The second-order valence-corrected chi connectivity index (χ2v) is 8.09. The first-order chi connectivity index (χ1) is 12.5. The van der Waals surface area contributed by atoms with Crippen molar-refractivity contribution >= 4 is 22.3 Å². The lowest BCUT2D eigenvalue weighted by atomic mass is 10.1. The number of aromatic amines is 1. The number of rotatable bonds is 5. The largest absolute Gasteiger partial charge is 0.454 e. The summed E-state index contributed by atoms with van der Waals surface area (Å²) < 4.78 is 6.00. The molecule has 4 aromatic rings. The van der Waals surface area contributed by atoms with Gasteiger partial charge in [0.25, 0.3) is 0 Å². The van der Waals surface area contributed by atoms with Gasteiger partial charge < -0.3 is 4.42 Å². The summed E-state index contributed by atoms with van der Waals surface area (Å²) in [4.78, 5) is 8.28. The first-order valence-corrected chi connectivity index (χ1v) is 9.50. The Kier molecular flexibility index (Phi) is 4.38. The van der Waals surface area contributed by atoms with Crippen LogP contribution in [0.2, 0.25) is 0 Å². The summed E-state index contributed by atoms with van der Waals surface area (Å²) in [6, 6.07) is 10.3. The van der Waals surface area contributed by atoms with Gasteiger partial charge in [-0.3, -0.25) is 10.00 Å². The Labute approximate surface area is 156 Å². The van der Waals surface area contributed by atoms with Crippen molar-refractivity contribution in [3.8, 4) is 11.5 Å². The van der Waals surface area contributed by atoms with Crippen LogP contribution in [0.25, 0.3) is 22.4 Å². The lowest BCUT2D eigenvalue weighted by Crippen LogP contribution is -2.22. The van der Waals surface area contributed by atoms with Gasteiger partial charge in [0.05, 0.1) is 22.9 Å². The van der Waals surface area contributed by atoms with E-state index >= 15 is 0 Å². The average Bonchev–Trinajstić information content (AvgIpc) is 3.31. The van der Waals surface area contributed by atoms with E-state index in [4.69, 9.17) is 9.40 Å². The summed E-state index contributed by atoms with van der Waals surface area (Å²) in [6.07, 6.45) is 1.88. The van der Waals surface area contributed by atoms with E-state index in [1.165, 1.54) is 4.88 Å². The van der Waals surface area contributed by atoms with Gasteiger partial charge in [-0.1, -0.05) is 18.2 Å². The molecule has 0 bridgehead atoms. The standard InChI is InChI=1S/C20H22N4OS/c1-12(19-13(2)26-14(3)22-19)24(4)11-16-10-21-23-20(16)18-9-15-7-5-6-8-17(15)25-18/h5-10,12H,11H2,1-4H3,(H,21,23). The third kappa shape index (κ3) is 3.06. The summed E-state index contributed by atoms with van der Waals surface area (Å²) in [5.41, 5.74) is 4.09. The molecule has 0 aliphatic carbocycles. The molecule has 0 saturated heterocycles. The molecule has 4 rings (SSSR count). The summed E-state index contributed by atoms with van der Waals surface area (Å²) in [5, 5.41) is 9.56. The molecule has 1 unspecified atom stereocenters. The highest BCUT2D eigenvalue weighted by Crippen LogP contribution is 2.31. The van der Waals surface area contributed by atoms with Gasteiger partial charge in [-0.2, -0.15) is 5.10 Å². The number of hydrogen-bond donors (Lipinski definition) is 1. The van der Waals surface area contributed by atoms with Gasteiger partial charge in [0.15, 0.2) is 5.76 Å². The van der Waals surface area contributed by atoms with Gasteiger partial charge in [0.2, 0.25) is 0 Å². The average molecular weight is 366 g/mol. The van der Waals surface area contributed by atoms with E-state index in [2.05, 4.69) is 55.0 Å². The number of para-hydroxylation sites is 1. The molecule has 3 heterocycles. The van der Waals surface area contributed by atoms with Crippen LogP contribution in [0, 0.1) is 13.8 Å². The van der Waals surface area contributed by atoms with Crippen LogP contribution in [0.3, 0.4) is 0 Å². The molecule has 0 spiro atoms. The summed E-state index contributed by atoms with van der Waals surface area (Å²) in [5.74, 6) is 0.820. The third-order valence-corrected chi connectivity index (χ3v) is 5.71. The van der Waals surface area contributed by atoms with Crippen LogP contribution in [0.15, 0.2) is 40.9 Å². The van der Waals surface area contributed by atoms with Crippen molar-refractivity contribution in [1.82, 2.24) is 20.1 Å². The zero-order valence-electron chi connectivity index (χ0n) is 15.4. The number of benzene rings is 1. The fourth-order valence-corrected chi connectivity index (χ4v) is 4.20. The van der Waals surface area contributed by atoms with Crippen molar-refractivity contribution in [3.63, 3.8) is 0 Å². The minimum atomic E-state index is 0.235. The molecule has 0 fully saturated rings. The lowest BCUT2D eigenvalue weighted by Gasteiger charge is -2.23. The number of aryl methyl sites for hydroxylation is 2. The van der Waals surface area contributed by atoms with Gasteiger partial charge in [0.1, 0.15) is 11.3 Å². The Hall–Kier alpha value is -2.44. The molecule has 3 aromatic heterocycles. The van der Waals surface area contributed by atoms with Crippen LogP contribution < -0.4 is 0 Å². The zero-order chi connectivity index (χ0) is 18.3. The Morgan fingerprint density at radius 1 is 1.27 bits per heavy atom. The Morgan fingerprint density at radius 2 is 2.08 bits per heavy atom. The molecule has 0 aliphatic heterocycles. The molecule has 26 heavy (non-hydrogen) atoms. The van der Waals surface area contributed by atoms with Crippen LogP contribution in [0.5, 0.6) is 0 Å². The zero-order valence-corrected chi connectivity index (χ0v) is 16.2. The highest BCUT2D eigenvalue weighted by atomic mass is 32.1. The number of fused-ring (bicyclic) bond motifs is 1. The summed E-state index contributed by atoms with van der Waals surface area (Å²) in [7, 11) is 2.12. The van der Waals surface area contributed by atoms with E-state index in [0.717, 1.165) is 45.2 Å². The molecule has 0 amide bonds. The van der Waals surface area contributed by atoms with Crippen LogP contribution in [-0.4, -0.2) is 27.1 Å². The highest BCUT2D eigenvalue weighted by molar-refractivity contribution is 7.11. The van der Waals surface area contributed by atoms with Crippen molar-refractivity contribution in [3.05, 3.63) is 57.7 Å². The first-order valence-electron chi connectivity index (χ1n) is 8.68. The number of aromatic nitrogens is 3. The molecule has 1 N–H and O–H groups in total. The maximum Gasteiger partial charge on any atom is 0.153 e. The fourth-order valence-electron chi connectivity index (χ4n) is 3.30. The molecule has 5 nitrogen and oxygen atoms in total. The van der Waals surface area contributed by atoms with Gasteiger partial charge in [0, 0.05) is 22.4 Å². The fraction of sp³-hybridized carbons (Fsp3) is 0.300. The second kappa shape index (κ2) is 6.70. The number of furan rings is 1. The predicted molar refractivity (Wildman–Crippen MR) is 105 cm³/mol. The molecule has 1 atom stereocenters. The van der Waals surface area contributed by atoms with E-state index in [0.29, 0.717) is 0 Å². The highest BCUT2D eigenvalue weighted by Gasteiger charge is 2.20. The quantitative estimate of drug-likeness (QED) is 0.534. The van der Waals surface area contributed by atoms with Gasteiger partial charge >= 0.3 is 0 Å². The van der Waals surface area contributed by atoms with Crippen molar-refractivity contribution in [2.24, 2.45) is 0 Å². The van der Waals surface area contributed by atoms with E-state index in [1.54, 1.807) is 11.3 Å². The second-order valence-electron chi connectivity index (χ2n) is 6.68. The van der Waals surface area contributed by atoms with Crippen molar-refractivity contribution < 1.29 is 4.42 Å². The number of nitrogens with zero attached hydrogens (tertiary/aromatic N) is 3. The van der Waals surface area contributed by atoms with Crippen molar-refractivity contribution in [1.29, 1.82) is 0 Å². The van der Waals surface area contributed by atoms with Crippen molar-refractivity contribution in [2.75, 3.05) is 7.05 Å². The smallest absolute Gasteiger partial charge is 0.153 e. The van der Waals surface area contributed by atoms with Gasteiger partial charge in [-0.15, -0.1) is 11.3 Å². The maximum absolute atomic E-state index is 6.00. The number of hydrogen-bond acceptors (Lipinski definition) is 5. The van der Waals surface area contributed by atoms with Gasteiger partial charge in [-0.05, 0) is 40.0 Å². The molecule has 134 valence electrons. The summed E-state index contributed by atoms with van der Waals surface area (Å²) in [6.45, 7) is 7.16. The van der Waals surface area contributed by atoms with E-state index in [-0.39, 0.29) is 6.04 Å². The Balaban J connectivity index is 1.59. The predicted octanol–water partition coefficient (Wildman–Crippen LogP) is 5.09. The third-order valence-electron chi connectivity index (χ3n) is 4.81. The molecular formula is C20H22N4OS.